The Kier molecular flexibility index (Phi) is 3.88. The van der Waals surface area contributed by atoms with E-state index in [9.17, 15) is 4.39 Å². The summed E-state index contributed by atoms with van der Waals surface area (Å²) in [7, 11) is 0. The molecule has 0 unspecified atom stereocenters. The Labute approximate surface area is 104 Å². The number of aromatic nitrogens is 2. The fraction of sp³-hybridized carbons (Fsp3) is 0.167. The van der Waals surface area contributed by atoms with Gasteiger partial charge in [0.2, 0.25) is 5.95 Å². The third kappa shape index (κ3) is 3.39. The van der Waals surface area contributed by atoms with Crippen molar-refractivity contribution in [3.05, 3.63) is 53.1 Å². The molecule has 1 aromatic heterocycles. The molecule has 0 saturated carbocycles. The van der Waals surface area contributed by atoms with E-state index in [-0.39, 0.29) is 5.82 Å². The first kappa shape index (κ1) is 11.8. The molecule has 2 aromatic rings. The molecule has 17 heavy (non-hydrogen) atoms. The molecule has 0 spiro atoms. The number of nitrogens with one attached hydrogen (secondary N) is 1. The largest absolute Gasteiger partial charge is 0.354 e. The first-order chi connectivity index (χ1) is 8.25. The van der Waals surface area contributed by atoms with E-state index in [1.54, 1.807) is 12.1 Å². The molecule has 0 saturated heterocycles. The van der Waals surface area contributed by atoms with Gasteiger partial charge in [-0.1, -0.05) is 29.8 Å². The SMILES string of the molecule is Fc1ccccc1CCNc1ncc(Cl)cn1. The second kappa shape index (κ2) is 5.59. The van der Waals surface area contributed by atoms with Crippen molar-refractivity contribution in [2.45, 2.75) is 6.42 Å². The molecule has 0 amide bonds. The molecule has 0 aliphatic rings. The Morgan fingerprint density at radius 1 is 1.18 bits per heavy atom. The van der Waals surface area contributed by atoms with Crippen LogP contribution in [0.1, 0.15) is 5.56 Å². The average Bonchev–Trinajstić information content (AvgIpc) is 2.34. The van der Waals surface area contributed by atoms with Crippen molar-refractivity contribution in [1.29, 1.82) is 0 Å². The van der Waals surface area contributed by atoms with E-state index >= 15 is 0 Å². The standard InChI is InChI=1S/C12H11ClFN3/c13-10-7-16-12(17-8-10)15-6-5-9-3-1-2-4-11(9)14/h1-4,7-8H,5-6H2,(H,15,16,17). The molecule has 1 aromatic carbocycles. The maximum Gasteiger partial charge on any atom is 0.222 e. The Morgan fingerprint density at radius 3 is 2.59 bits per heavy atom. The van der Waals surface area contributed by atoms with E-state index in [1.807, 2.05) is 6.07 Å². The van der Waals surface area contributed by atoms with Crippen LogP contribution in [0.5, 0.6) is 0 Å². The van der Waals surface area contributed by atoms with Gasteiger partial charge in [0.25, 0.3) is 0 Å². The highest BCUT2D eigenvalue weighted by Gasteiger charge is 2.00. The van der Waals surface area contributed by atoms with Gasteiger partial charge >= 0.3 is 0 Å². The maximum atomic E-state index is 13.3. The normalized spacial score (nSPS) is 10.2. The van der Waals surface area contributed by atoms with Crippen LogP contribution >= 0.6 is 11.6 Å². The molecule has 5 heteroatoms. The van der Waals surface area contributed by atoms with Crippen LogP contribution in [0.3, 0.4) is 0 Å². The van der Waals surface area contributed by atoms with Crippen LogP contribution in [-0.4, -0.2) is 16.5 Å². The molecule has 3 nitrogen and oxygen atoms in total. The summed E-state index contributed by atoms with van der Waals surface area (Å²) in [4.78, 5) is 7.97. The van der Waals surface area contributed by atoms with Gasteiger partial charge in [0.05, 0.1) is 17.4 Å². The van der Waals surface area contributed by atoms with Gasteiger partial charge in [-0.15, -0.1) is 0 Å². The number of anilines is 1. The highest BCUT2D eigenvalue weighted by Crippen LogP contribution is 2.08. The van der Waals surface area contributed by atoms with Crippen molar-refractivity contribution in [3.8, 4) is 0 Å². The summed E-state index contributed by atoms with van der Waals surface area (Å²) in [5, 5.41) is 3.49. The smallest absolute Gasteiger partial charge is 0.222 e. The van der Waals surface area contributed by atoms with Crippen LogP contribution in [0.25, 0.3) is 0 Å². The minimum Gasteiger partial charge on any atom is -0.354 e. The lowest BCUT2D eigenvalue weighted by Gasteiger charge is -2.05. The maximum absolute atomic E-state index is 13.3. The van der Waals surface area contributed by atoms with Crippen LogP contribution < -0.4 is 5.32 Å². The van der Waals surface area contributed by atoms with Gasteiger partial charge in [-0.25, -0.2) is 14.4 Å². The number of hydrogen-bond acceptors (Lipinski definition) is 3. The van der Waals surface area contributed by atoms with E-state index in [4.69, 9.17) is 11.6 Å². The summed E-state index contributed by atoms with van der Waals surface area (Å²) in [6, 6.07) is 6.71. The van der Waals surface area contributed by atoms with Crippen molar-refractivity contribution in [2.24, 2.45) is 0 Å². The van der Waals surface area contributed by atoms with Crippen LogP contribution in [0, 0.1) is 5.82 Å². The number of nitrogens with zero attached hydrogens (tertiary/aromatic N) is 2. The molecular weight excluding hydrogens is 241 g/mol. The van der Waals surface area contributed by atoms with Crippen LogP contribution in [-0.2, 0) is 6.42 Å². The molecular formula is C12H11ClFN3. The minimum absolute atomic E-state index is 0.189. The summed E-state index contributed by atoms with van der Waals surface area (Å²) >= 11 is 5.66. The van der Waals surface area contributed by atoms with E-state index in [1.165, 1.54) is 18.5 Å². The van der Waals surface area contributed by atoms with Gasteiger partial charge < -0.3 is 5.32 Å². The first-order valence-corrected chi connectivity index (χ1v) is 5.58. The molecule has 88 valence electrons. The summed E-state index contributed by atoms with van der Waals surface area (Å²) < 4.78 is 13.3. The van der Waals surface area contributed by atoms with Crippen molar-refractivity contribution in [1.82, 2.24) is 9.97 Å². The lowest BCUT2D eigenvalue weighted by molar-refractivity contribution is 0.610. The molecule has 1 N–H and O–H groups in total. The summed E-state index contributed by atoms with van der Waals surface area (Å²) in [5.41, 5.74) is 0.675. The van der Waals surface area contributed by atoms with Gasteiger partial charge in [0.15, 0.2) is 0 Å². The average molecular weight is 252 g/mol. The Hall–Kier alpha value is -1.68. The van der Waals surface area contributed by atoms with E-state index < -0.39 is 0 Å². The van der Waals surface area contributed by atoms with Gasteiger partial charge in [0.1, 0.15) is 5.82 Å². The highest BCUT2D eigenvalue weighted by molar-refractivity contribution is 6.30. The molecule has 2 rings (SSSR count). The van der Waals surface area contributed by atoms with Crippen LogP contribution in [0.15, 0.2) is 36.7 Å². The second-order valence-electron chi connectivity index (χ2n) is 3.49. The van der Waals surface area contributed by atoms with Crippen molar-refractivity contribution in [2.75, 3.05) is 11.9 Å². The van der Waals surface area contributed by atoms with Crippen LogP contribution in [0.4, 0.5) is 10.3 Å². The number of rotatable bonds is 4. The zero-order valence-corrected chi connectivity index (χ0v) is 9.78. The van der Waals surface area contributed by atoms with E-state index in [0.717, 1.165) is 0 Å². The molecule has 0 aliphatic heterocycles. The number of halogens is 2. The fourth-order valence-electron chi connectivity index (χ4n) is 1.41. The third-order valence-electron chi connectivity index (χ3n) is 2.26. The van der Waals surface area contributed by atoms with Gasteiger partial charge in [-0.05, 0) is 18.1 Å². The van der Waals surface area contributed by atoms with Gasteiger partial charge in [-0.2, -0.15) is 0 Å². The van der Waals surface area contributed by atoms with Crippen molar-refractivity contribution in [3.63, 3.8) is 0 Å². The number of hydrogen-bond donors (Lipinski definition) is 1. The third-order valence-corrected chi connectivity index (χ3v) is 2.45. The predicted octanol–water partition coefficient (Wildman–Crippen LogP) is 2.92. The highest BCUT2D eigenvalue weighted by atomic mass is 35.5. The molecule has 0 radical (unpaired) electrons. The zero-order chi connectivity index (χ0) is 12.1. The number of benzene rings is 1. The zero-order valence-electron chi connectivity index (χ0n) is 9.03. The molecule has 0 bridgehead atoms. The Balaban J connectivity index is 1.88. The second-order valence-corrected chi connectivity index (χ2v) is 3.93. The Bertz CT molecular complexity index is 487. The topological polar surface area (TPSA) is 37.8 Å². The lowest BCUT2D eigenvalue weighted by atomic mass is 10.1. The van der Waals surface area contributed by atoms with Crippen LogP contribution in [0.2, 0.25) is 5.02 Å². The monoisotopic (exact) mass is 251 g/mol. The summed E-state index contributed by atoms with van der Waals surface area (Å²) in [6.45, 7) is 0.572. The molecule has 1 heterocycles. The fourth-order valence-corrected chi connectivity index (χ4v) is 1.51. The van der Waals surface area contributed by atoms with Gasteiger partial charge in [0, 0.05) is 6.54 Å². The van der Waals surface area contributed by atoms with Crippen molar-refractivity contribution < 1.29 is 4.39 Å². The van der Waals surface area contributed by atoms with E-state index in [0.29, 0.717) is 29.5 Å². The lowest BCUT2D eigenvalue weighted by Crippen LogP contribution is -2.08. The Morgan fingerprint density at radius 2 is 1.88 bits per heavy atom. The predicted molar refractivity (Wildman–Crippen MR) is 65.6 cm³/mol. The minimum atomic E-state index is -0.189. The first-order valence-electron chi connectivity index (χ1n) is 5.20. The van der Waals surface area contributed by atoms with Crippen molar-refractivity contribution >= 4 is 17.5 Å². The molecule has 0 atom stereocenters. The van der Waals surface area contributed by atoms with E-state index in [2.05, 4.69) is 15.3 Å². The van der Waals surface area contributed by atoms with Gasteiger partial charge in [-0.3, -0.25) is 0 Å². The molecule has 0 fully saturated rings. The molecule has 0 aliphatic carbocycles. The summed E-state index contributed by atoms with van der Waals surface area (Å²) in [5.74, 6) is 0.303. The summed E-state index contributed by atoms with van der Waals surface area (Å²) in [6.07, 6.45) is 3.61. The quantitative estimate of drug-likeness (QED) is 0.908.